The van der Waals surface area contributed by atoms with Crippen molar-refractivity contribution in [1.82, 2.24) is 14.1 Å². The summed E-state index contributed by atoms with van der Waals surface area (Å²) in [6.07, 6.45) is 4.76. The van der Waals surface area contributed by atoms with Crippen molar-refractivity contribution in [2.24, 2.45) is 0 Å². The highest BCUT2D eigenvalue weighted by Gasteiger charge is 2.32. The Labute approximate surface area is 185 Å². The first-order valence-electron chi connectivity index (χ1n) is 11.3. The number of carbonyl (C=O) groups excluding carboxylic acids is 1. The van der Waals surface area contributed by atoms with Gasteiger partial charge < -0.3 is 19.3 Å². The van der Waals surface area contributed by atoms with Gasteiger partial charge in [0, 0.05) is 32.2 Å². The van der Waals surface area contributed by atoms with Crippen LogP contribution in [0.3, 0.4) is 0 Å². The highest BCUT2D eigenvalue weighted by molar-refractivity contribution is 7.89. The summed E-state index contributed by atoms with van der Waals surface area (Å²) in [6, 6.07) is 5.32. The molecular weight excluding hydrogens is 418 g/mol. The molecule has 1 aromatic carbocycles. The molecule has 3 aliphatic heterocycles. The summed E-state index contributed by atoms with van der Waals surface area (Å²) >= 11 is 0. The highest BCUT2D eigenvalue weighted by Crippen LogP contribution is 2.29. The number of nitrogens with zero attached hydrogens (tertiary/aromatic N) is 3. The Bertz CT molecular complexity index is 879. The predicted octanol–water partition coefficient (Wildman–Crippen LogP) is 1.35. The van der Waals surface area contributed by atoms with Crippen molar-refractivity contribution in [3.05, 3.63) is 23.8 Å². The van der Waals surface area contributed by atoms with E-state index in [2.05, 4.69) is 4.90 Å². The quantitative estimate of drug-likeness (QED) is 0.623. The van der Waals surface area contributed by atoms with Gasteiger partial charge in [-0.05, 0) is 56.5 Å². The third kappa shape index (κ3) is 5.05. The maximum Gasteiger partial charge on any atom is 0.246 e. The number of hydrogen-bond donors (Lipinski definition) is 0. The summed E-state index contributed by atoms with van der Waals surface area (Å²) < 4.78 is 38.4. The van der Waals surface area contributed by atoms with Gasteiger partial charge in [0.15, 0.2) is 0 Å². The minimum Gasteiger partial charge on any atom is -0.495 e. The van der Waals surface area contributed by atoms with Crippen molar-refractivity contribution in [2.45, 2.75) is 43.0 Å². The van der Waals surface area contributed by atoms with Crippen molar-refractivity contribution in [2.75, 3.05) is 59.6 Å². The Morgan fingerprint density at radius 1 is 1.10 bits per heavy atom. The fourth-order valence-corrected chi connectivity index (χ4v) is 6.47. The summed E-state index contributed by atoms with van der Waals surface area (Å²) in [5.41, 5.74) is 0.699. The molecule has 9 heteroatoms. The van der Waals surface area contributed by atoms with Crippen LogP contribution in [0, 0.1) is 0 Å². The molecule has 8 nitrogen and oxygen atoms in total. The van der Waals surface area contributed by atoms with Crippen molar-refractivity contribution in [3.63, 3.8) is 0 Å². The lowest BCUT2D eigenvalue weighted by Crippen LogP contribution is -2.43. The van der Waals surface area contributed by atoms with Gasteiger partial charge in [0.2, 0.25) is 15.9 Å². The lowest BCUT2D eigenvalue weighted by molar-refractivity contribution is -0.131. The number of carbonyl (C=O) groups is 1. The molecule has 0 bridgehead atoms. The molecule has 1 aromatic rings. The topological polar surface area (TPSA) is 79.4 Å². The van der Waals surface area contributed by atoms with E-state index in [1.807, 2.05) is 4.90 Å². The first-order chi connectivity index (χ1) is 15.0. The van der Waals surface area contributed by atoms with Crippen LogP contribution < -0.4 is 4.74 Å². The molecular formula is C22H33N3O5S. The number of amides is 1. The molecule has 3 heterocycles. The molecule has 3 saturated heterocycles. The SMILES string of the molecule is COc1ccc(CC(=O)N2CCCC2CN2CCCC2)cc1S(=O)(=O)N1CCOCC1. The second-order valence-electron chi connectivity index (χ2n) is 8.57. The number of hydrogen-bond acceptors (Lipinski definition) is 6. The maximum atomic E-state index is 13.2. The Kier molecular flexibility index (Phi) is 7.15. The summed E-state index contributed by atoms with van der Waals surface area (Å²) in [4.78, 5) is 17.7. The van der Waals surface area contributed by atoms with E-state index in [1.165, 1.54) is 24.3 Å². The minimum atomic E-state index is -3.71. The summed E-state index contributed by atoms with van der Waals surface area (Å²) in [5, 5.41) is 0. The van der Waals surface area contributed by atoms with Gasteiger partial charge in [0.1, 0.15) is 10.6 Å². The zero-order valence-electron chi connectivity index (χ0n) is 18.3. The largest absolute Gasteiger partial charge is 0.495 e. The number of rotatable bonds is 7. The monoisotopic (exact) mass is 451 g/mol. The second kappa shape index (κ2) is 9.85. The molecule has 0 aromatic heterocycles. The fourth-order valence-electron chi connectivity index (χ4n) is 4.85. The van der Waals surface area contributed by atoms with E-state index in [1.54, 1.807) is 18.2 Å². The van der Waals surface area contributed by atoms with Gasteiger partial charge in [-0.25, -0.2) is 8.42 Å². The number of likely N-dealkylation sites (tertiary alicyclic amines) is 2. The molecule has 1 unspecified atom stereocenters. The van der Waals surface area contributed by atoms with Crippen LogP contribution >= 0.6 is 0 Å². The zero-order chi connectivity index (χ0) is 21.8. The van der Waals surface area contributed by atoms with E-state index in [-0.39, 0.29) is 23.3 Å². The molecule has 172 valence electrons. The Morgan fingerprint density at radius 2 is 1.84 bits per heavy atom. The molecule has 4 rings (SSSR count). The molecule has 0 radical (unpaired) electrons. The van der Waals surface area contributed by atoms with Crippen LogP contribution in [0.15, 0.2) is 23.1 Å². The lowest BCUT2D eigenvalue weighted by atomic mass is 10.1. The molecule has 3 aliphatic rings. The van der Waals surface area contributed by atoms with Crippen LogP contribution in [0.5, 0.6) is 5.75 Å². The van der Waals surface area contributed by atoms with Gasteiger partial charge in [0.05, 0.1) is 26.7 Å². The van der Waals surface area contributed by atoms with E-state index >= 15 is 0 Å². The first-order valence-corrected chi connectivity index (χ1v) is 12.7. The summed E-state index contributed by atoms with van der Waals surface area (Å²) in [6.45, 7) is 5.39. The molecule has 0 aliphatic carbocycles. The van der Waals surface area contributed by atoms with Crippen molar-refractivity contribution < 1.29 is 22.7 Å². The molecule has 0 spiro atoms. The Hall–Kier alpha value is -1.68. The van der Waals surface area contributed by atoms with Crippen LogP contribution in [0.2, 0.25) is 0 Å². The minimum absolute atomic E-state index is 0.0709. The average Bonchev–Trinajstić information content (AvgIpc) is 3.47. The number of ether oxygens (including phenoxy) is 2. The van der Waals surface area contributed by atoms with Crippen LogP contribution in [0.25, 0.3) is 0 Å². The predicted molar refractivity (Wildman–Crippen MR) is 117 cm³/mol. The van der Waals surface area contributed by atoms with E-state index in [0.29, 0.717) is 37.6 Å². The van der Waals surface area contributed by atoms with Gasteiger partial charge in [0.25, 0.3) is 0 Å². The molecule has 31 heavy (non-hydrogen) atoms. The van der Waals surface area contributed by atoms with Crippen LogP contribution in [-0.2, 0) is 26.0 Å². The van der Waals surface area contributed by atoms with Gasteiger partial charge in [-0.3, -0.25) is 4.79 Å². The molecule has 1 atom stereocenters. The molecule has 0 N–H and O–H groups in total. The third-order valence-corrected chi connectivity index (χ3v) is 8.46. The van der Waals surface area contributed by atoms with Gasteiger partial charge >= 0.3 is 0 Å². The van der Waals surface area contributed by atoms with Crippen molar-refractivity contribution in [3.8, 4) is 5.75 Å². The third-order valence-electron chi connectivity index (χ3n) is 6.54. The number of morpholine rings is 1. The number of sulfonamides is 1. The van der Waals surface area contributed by atoms with E-state index in [9.17, 15) is 13.2 Å². The summed E-state index contributed by atoms with van der Waals surface area (Å²) in [5.74, 6) is 0.373. The number of benzene rings is 1. The zero-order valence-corrected chi connectivity index (χ0v) is 19.1. The highest BCUT2D eigenvalue weighted by atomic mass is 32.2. The Morgan fingerprint density at radius 3 is 2.55 bits per heavy atom. The van der Waals surface area contributed by atoms with E-state index in [0.717, 1.165) is 39.0 Å². The van der Waals surface area contributed by atoms with Crippen LogP contribution in [0.1, 0.15) is 31.2 Å². The van der Waals surface area contributed by atoms with Crippen molar-refractivity contribution >= 4 is 15.9 Å². The van der Waals surface area contributed by atoms with E-state index in [4.69, 9.17) is 9.47 Å². The van der Waals surface area contributed by atoms with Crippen LogP contribution in [0.4, 0.5) is 0 Å². The van der Waals surface area contributed by atoms with Gasteiger partial charge in [-0.2, -0.15) is 4.31 Å². The first kappa shape index (κ1) is 22.5. The fraction of sp³-hybridized carbons (Fsp3) is 0.682. The maximum absolute atomic E-state index is 13.2. The smallest absolute Gasteiger partial charge is 0.246 e. The van der Waals surface area contributed by atoms with Crippen LogP contribution in [-0.4, -0.2) is 94.1 Å². The Balaban J connectivity index is 1.49. The lowest BCUT2D eigenvalue weighted by Gasteiger charge is -2.29. The standard InChI is InChI=1S/C22H33N3O5S/c1-29-20-7-6-18(15-21(20)31(27,28)24-11-13-30-14-12-24)16-22(26)25-10-4-5-19(25)17-23-8-2-3-9-23/h6-7,15,19H,2-5,8-14,16-17H2,1H3. The molecule has 0 saturated carbocycles. The number of methoxy groups -OCH3 is 1. The second-order valence-corrected chi connectivity index (χ2v) is 10.5. The normalized spacial score (nSPS) is 23.4. The molecule has 3 fully saturated rings. The molecule has 1 amide bonds. The van der Waals surface area contributed by atoms with Crippen molar-refractivity contribution in [1.29, 1.82) is 0 Å². The van der Waals surface area contributed by atoms with Gasteiger partial charge in [-0.15, -0.1) is 0 Å². The average molecular weight is 452 g/mol. The summed E-state index contributed by atoms with van der Waals surface area (Å²) in [7, 11) is -2.25. The van der Waals surface area contributed by atoms with E-state index < -0.39 is 10.0 Å². The van der Waals surface area contributed by atoms with Gasteiger partial charge in [-0.1, -0.05) is 6.07 Å².